The minimum atomic E-state index is -0.341. The third kappa shape index (κ3) is 2.96. The van der Waals surface area contributed by atoms with Crippen molar-refractivity contribution in [2.24, 2.45) is 0 Å². The fourth-order valence-corrected chi connectivity index (χ4v) is 5.08. The fourth-order valence-electron chi connectivity index (χ4n) is 1.28. The minimum absolute atomic E-state index is 0.287. The molecule has 1 aromatic carbocycles. The quantitative estimate of drug-likeness (QED) is 0.626. The van der Waals surface area contributed by atoms with E-state index in [0.717, 1.165) is 9.09 Å². The molecule has 0 amide bonds. The summed E-state index contributed by atoms with van der Waals surface area (Å²) in [5.74, 6) is 0. The van der Waals surface area contributed by atoms with Gasteiger partial charge in [-0.05, 0) is 0 Å². The summed E-state index contributed by atoms with van der Waals surface area (Å²) in [5.41, 5.74) is 1.99. The number of hydrogen-bond acceptors (Lipinski definition) is 2. The van der Waals surface area contributed by atoms with Crippen molar-refractivity contribution in [3.05, 3.63) is 52.9 Å². The average Bonchev–Trinajstić information content (AvgIpc) is 2.76. The van der Waals surface area contributed by atoms with Crippen LogP contribution in [0.3, 0.4) is 0 Å². The van der Waals surface area contributed by atoms with Crippen LogP contribution in [-0.4, -0.2) is 20.2 Å². The van der Waals surface area contributed by atoms with Crippen molar-refractivity contribution >= 4 is 46.9 Å². The third-order valence-electron chi connectivity index (χ3n) is 2.05. The van der Waals surface area contributed by atoms with Gasteiger partial charge < -0.3 is 0 Å². The van der Waals surface area contributed by atoms with Crippen LogP contribution in [0.15, 0.2) is 41.8 Å². The molecule has 0 radical (unpaired) electrons. The van der Waals surface area contributed by atoms with Gasteiger partial charge in [0.05, 0.1) is 0 Å². The standard InChI is InChI=1S/C12H9ClOSSe/c13-11(14)10-6-7-15-12(10)16-8-9-4-2-1-3-5-9/h1-7H,8H2. The molecule has 0 N–H and O–H groups in total. The molecule has 1 heterocycles. The van der Waals surface area contributed by atoms with E-state index in [9.17, 15) is 4.79 Å². The molecule has 82 valence electrons. The topological polar surface area (TPSA) is 17.1 Å². The molecule has 0 saturated heterocycles. The summed E-state index contributed by atoms with van der Waals surface area (Å²) in [4.78, 5) is 11.1. The molecule has 4 heteroatoms. The van der Waals surface area contributed by atoms with E-state index in [1.807, 2.05) is 29.6 Å². The normalized spacial score (nSPS) is 10.3. The Morgan fingerprint density at radius 3 is 2.69 bits per heavy atom. The molecular weight excluding hydrogens is 307 g/mol. The molecule has 1 aromatic heterocycles. The van der Waals surface area contributed by atoms with E-state index in [1.54, 1.807) is 11.3 Å². The number of benzene rings is 1. The number of carbonyl (C=O) groups is 1. The number of hydrogen-bond donors (Lipinski definition) is 0. The van der Waals surface area contributed by atoms with E-state index in [2.05, 4.69) is 12.1 Å². The fraction of sp³-hybridized carbons (Fsp3) is 0.0833. The van der Waals surface area contributed by atoms with Gasteiger partial charge in [-0.3, -0.25) is 0 Å². The van der Waals surface area contributed by atoms with Crippen LogP contribution < -0.4 is 3.78 Å². The molecule has 0 fully saturated rings. The first-order chi connectivity index (χ1) is 7.77. The Bertz CT molecular complexity index is 481. The zero-order valence-electron chi connectivity index (χ0n) is 8.35. The molecule has 16 heavy (non-hydrogen) atoms. The SMILES string of the molecule is O=C(Cl)c1ccsc1[Se]Cc1ccccc1. The van der Waals surface area contributed by atoms with Gasteiger partial charge in [0.2, 0.25) is 0 Å². The van der Waals surface area contributed by atoms with Crippen LogP contribution in [0.5, 0.6) is 0 Å². The average molecular weight is 316 g/mol. The molecule has 0 atom stereocenters. The van der Waals surface area contributed by atoms with Gasteiger partial charge in [-0.25, -0.2) is 0 Å². The van der Waals surface area contributed by atoms with Gasteiger partial charge in [0.15, 0.2) is 0 Å². The first kappa shape index (κ1) is 11.9. The second kappa shape index (κ2) is 5.65. The van der Waals surface area contributed by atoms with Gasteiger partial charge in [0, 0.05) is 0 Å². The number of thiophene rings is 1. The van der Waals surface area contributed by atoms with Crippen molar-refractivity contribution in [2.45, 2.75) is 5.32 Å². The molecule has 0 bridgehead atoms. The van der Waals surface area contributed by atoms with Gasteiger partial charge in [0.1, 0.15) is 0 Å². The van der Waals surface area contributed by atoms with Crippen LogP contribution in [0.4, 0.5) is 0 Å². The van der Waals surface area contributed by atoms with Gasteiger partial charge in [-0.1, -0.05) is 0 Å². The molecule has 0 aliphatic rings. The summed E-state index contributed by atoms with van der Waals surface area (Å²) >= 11 is 7.42. The van der Waals surface area contributed by atoms with Gasteiger partial charge >= 0.3 is 110 Å². The molecule has 1 nitrogen and oxygen atoms in total. The molecule has 2 aromatic rings. The molecule has 2 rings (SSSR count). The Morgan fingerprint density at radius 2 is 2.00 bits per heavy atom. The van der Waals surface area contributed by atoms with Crippen molar-refractivity contribution in [1.82, 2.24) is 0 Å². The van der Waals surface area contributed by atoms with E-state index in [4.69, 9.17) is 11.6 Å². The third-order valence-corrected chi connectivity index (χ3v) is 6.20. The number of rotatable bonds is 4. The summed E-state index contributed by atoms with van der Waals surface area (Å²) in [5, 5.41) is 2.59. The number of carbonyl (C=O) groups excluding carboxylic acids is 1. The maximum absolute atomic E-state index is 11.1. The van der Waals surface area contributed by atoms with Crippen LogP contribution in [0, 0.1) is 0 Å². The summed E-state index contributed by atoms with van der Waals surface area (Å²) in [7, 11) is 0. The molecular formula is C12H9ClOSSe. The van der Waals surface area contributed by atoms with Gasteiger partial charge in [-0.2, -0.15) is 0 Å². The van der Waals surface area contributed by atoms with Crippen LogP contribution in [0.2, 0.25) is 0 Å². The molecule has 0 unspecified atom stereocenters. The van der Waals surface area contributed by atoms with E-state index in [-0.39, 0.29) is 20.2 Å². The summed E-state index contributed by atoms with van der Waals surface area (Å²) < 4.78 is 1.14. The van der Waals surface area contributed by atoms with Gasteiger partial charge in [0.25, 0.3) is 0 Å². The second-order valence-corrected chi connectivity index (χ2v) is 7.08. The van der Waals surface area contributed by atoms with E-state index < -0.39 is 0 Å². The molecule has 0 aliphatic heterocycles. The Labute approximate surface area is 110 Å². The Kier molecular flexibility index (Phi) is 4.19. The first-order valence-corrected chi connectivity index (χ1v) is 8.04. The van der Waals surface area contributed by atoms with Crippen LogP contribution in [0.25, 0.3) is 0 Å². The molecule has 0 spiro atoms. The predicted molar refractivity (Wildman–Crippen MR) is 70.0 cm³/mol. The van der Waals surface area contributed by atoms with Crippen LogP contribution >= 0.6 is 22.9 Å². The predicted octanol–water partition coefficient (Wildman–Crippen LogP) is 2.66. The molecule has 0 aliphatic carbocycles. The van der Waals surface area contributed by atoms with Crippen molar-refractivity contribution < 1.29 is 4.79 Å². The monoisotopic (exact) mass is 316 g/mol. The van der Waals surface area contributed by atoms with Crippen molar-refractivity contribution in [2.75, 3.05) is 0 Å². The zero-order valence-corrected chi connectivity index (χ0v) is 11.6. The Morgan fingerprint density at radius 1 is 1.25 bits per heavy atom. The summed E-state index contributed by atoms with van der Waals surface area (Å²) in [6, 6.07) is 12.1. The van der Waals surface area contributed by atoms with Crippen molar-refractivity contribution in [3.8, 4) is 0 Å². The van der Waals surface area contributed by atoms with E-state index in [1.165, 1.54) is 5.56 Å². The summed E-state index contributed by atoms with van der Waals surface area (Å²) in [6.07, 6.45) is 0. The number of halogens is 1. The van der Waals surface area contributed by atoms with Crippen molar-refractivity contribution in [1.29, 1.82) is 0 Å². The maximum atomic E-state index is 11.1. The first-order valence-electron chi connectivity index (χ1n) is 4.71. The van der Waals surface area contributed by atoms with E-state index in [0.29, 0.717) is 5.56 Å². The molecule has 0 saturated carbocycles. The Hall–Kier alpha value is -0.601. The second-order valence-electron chi connectivity index (χ2n) is 3.17. The van der Waals surface area contributed by atoms with Crippen LogP contribution in [0.1, 0.15) is 15.9 Å². The van der Waals surface area contributed by atoms with Crippen LogP contribution in [-0.2, 0) is 5.32 Å². The Balaban J connectivity index is 2.05. The van der Waals surface area contributed by atoms with Gasteiger partial charge in [-0.15, -0.1) is 0 Å². The van der Waals surface area contributed by atoms with Crippen molar-refractivity contribution in [3.63, 3.8) is 0 Å². The summed E-state index contributed by atoms with van der Waals surface area (Å²) in [6.45, 7) is 0. The zero-order chi connectivity index (χ0) is 11.4. The van der Waals surface area contributed by atoms with E-state index >= 15 is 0 Å².